The number of carbonyl (C=O) groups is 1. The molecule has 0 aliphatic heterocycles. The summed E-state index contributed by atoms with van der Waals surface area (Å²) < 4.78 is 6.99. The van der Waals surface area contributed by atoms with E-state index in [1.54, 1.807) is 47.5 Å². The minimum atomic E-state index is -0.537. The van der Waals surface area contributed by atoms with Crippen molar-refractivity contribution >= 4 is 17.7 Å². The summed E-state index contributed by atoms with van der Waals surface area (Å²) in [5, 5.41) is 17.1. The molecule has 0 saturated heterocycles. The van der Waals surface area contributed by atoms with E-state index in [1.165, 1.54) is 13.2 Å². The molecule has 0 saturated carbocycles. The van der Waals surface area contributed by atoms with Crippen molar-refractivity contribution in [3.05, 3.63) is 96.5 Å². The number of amides is 1. The standard InChI is InChI=1S/C25H19N5O2/c1-32-23-10-6-5-9-22(23)28-25(31)19(16-26)15-20-17-30(21-7-3-2-4-8-21)29-24(20)18-11-13-27-14-12-18/h2-15,17H,1H3,(H,28,31)/b19-15+. The zero-order valence-corrected chi connectivity index (χ0v) is 17.3. The highest BCUT2D eigenvalue weighted by atomic mass is 16.5. The van der Waals surface area contributed by atoms with E-state index < -0.39 is 5.91 Å². The van der Waals surface area contributed by atoms with Crippen molar-refractivity contribution in [2.24, 2.45) is 0 Å². The maximum atomic E-state index is 12.8. The van der Waals surface area contributed by atoms with Crippen LogP contribution < -0.4 is 10.1 Å². The number of nitrogens with one attached hydrogen (secondary N) is 1. The molecule has 0 radical (unpaired) electrons. The molecule has 2 heterocycles. The number of ether oxygens (including phenoxy) is 1. The highest BCUT2D eigenvalue weighted by Gasteiger charge is 2.16. The highest BCUT2D eigenvalue weighted by Crippen LogP contribution is 2.27. The Kier molecular flexibility index (Phi) is 6.05. The molecule has 0 atom stereocenters. The summed E-state index contributed by atoms with van der Waals surface area (Å²) in [5.41, 5.74) is 3.37. The smallest absolute Gasteiger partial charge is 0.266 e. The fraction of sp³-hybridized carbons (Fsp3) is 0.0400. The number of anilines is 1. The molecule has 0 bridgehead atoms. The molecule has 0 spiro atoms. The van der Waals surface area contributed by atoms with Gasteiger partial charge in [-0.25, -0.2) is 4.68 Å². The van der Waals surface area contributed by atoms with Crippen LogP contribution in [-0.4, -0.2) is 27.8 Å². The van der Waals surface area contributed by atoms with Crippen LogP contribution in [0, 0.1) is 11.3 Å². The number of nitrogens with zero attached hydrogens (tertiary/aromatic N) is 4. The van der Waals surface area contributed by atoms with Crippen molar-refractivity contribution in [2.45, 2.75) is 0 Å². The lowest BCUT2D eigenvalue weighted by molar-refractivity contribution is -0.112. The third kappa shape index (κ3) is 4.40. The number of methoxy groups -OCH3 is 1. The maximum Gasteiger partial charge on any atom is 0.266 e. The van der Waals surface area contributed by atoms with Crippen LogP contribution >= 0.6 is 0 Å². The van der Waals surface area contributed by atoms with Gasteiger partial charge in [-0.05, 0) is 42.5 Å². The maximum absolute atomic E-state index is 12.8. The van der Waals surface area contributed by atoms with E-state index in [0.717, 1.165) is 11.3 Å². The van der Waals surface area contributed by atoms with Gasteiger partial charge in [0.2, 0.25) is 0 Å². The van der Waals surface area contributed by atoms with Gasteiger partial charge in [-0.2, -0.15) is 10.4 Å². The molecular formula is C25H19N5O2. The minimum absolute atomic E-state index is 0.0566. The molecule has 1 amide bonds. The number of nitriles is 1. The van der Waals surface area contributed by atoms with Gasteiger partial charge in [0.25, 0.3) is 5.91 Å². The van der Waals surface area contributed by atoms with Crippen LogP contribution in [0.3, 0.4) is 0 Å². The SMILES string of the molecule is COc1ccccc1NC(=O)/C(C#N)=C/c1cn(-c2ccccc2)nc1-c1ccncc1. The molecule has 2 aromatic heterocycles. The van der Waals surface area contributed by atoms with Crippen molar-refractivity contribution in [3.8, 4) is 28.8 Å². The molecule has 0 fully saturated rings. The van der Waals surface area contributed by atoms with E-state index in [1.807, 2.05) is 48.5 Å². The van der Waals surface area contributed by atoms with Gasteiger partial charge in [-0.3, -0.25) is 9.78 Å². The van der Waals surface area contributed by atoms with Crippen LogP contribution in [0.4, 0.5) is 5.69 Å². The van der Waals surface area contributed by atoms with E-state index >= 15 is 0 Å². The first-order valence-electron chi connectivity index (χ1n) is 9.81. The number of rotatable bonds is 6. The van der Waals surface area contributed by atoms with Crippen molar-refractivity contribution in [1.29, 1.82) is 5.26 Å². The Morgan fingerprint density at radius 3 is 2.50 bits per heavy atom. The Labute approximate surface area is 185 Å². The molecular weight excluding hydrogens is 402 g/mol. The molecule has 4 rings (SSSR count). The van der Waals surface area contributed by atoms with E-state index in [-0.39, 0.29) is 5.57 Å². The van der Waals surface area contributed by atoms with Crippen LogP contribution in [0.5, 0.6) is 5.75 Å². The van der Waals surface area contributed by atoms with Gasteiger partial charge in [0.15, 0.2) is 0 Å². The lowest BCUT2D eigenvalue weighted by atomic mass is 10.1. The lowest BCUT2D eigenvalue weighted by Gasteiger charge is -2.09. The van der Waals surface area contributed by atoms with Gasteiger partial charge < -0.3 is 10.1 Å². The number of aromatic nitrogens is 3. The van der Waals surface area contributed by atoms with Crippen molar-refractivity contribution < 1.29 is 9.53 Å². The van der Waals surface area contributed by atoms with E-state index in [2.05, 4.69) is 10.3 Å². The summed E-state index contributed by atoms with van der Waals surface area (Å²) in [6.07, 6.45) is 6.67. The topological polar surface area (TPSA) is 92.8 Å². The summed E-state index contributed by atoms with van der Waals surface area (Å²) in [4.78, 5) is 16.9. The lowest BCUT2D eigenvalue weighted by Crippen LogP contribution is -2.14. The van der Waals surface area contributed by atoms with Crippen LogP contribution in [0.2, 0.25) is 0 Å². The fourth-order valence-corrected chi connectivity index (χ4v) is 3.18. The molecule has 4 aromatic rings. The first kappa shape index (κ1) is 20.6. The number of hydrogen-bond donors (Lipinski definition) is 1. The highest BCUT2D eigenvalue weighted by molar-refractivity contribution is 6.10. The Morgan fingerprint density at radius 2 is 1.78 bits per heavy atom. The Hall–Kier alpha value is -4.70. The summed E-state index contributed by atoms with van der Waals surface area (Å²) >= 11 is 0. The van der Waals surface area contributed by atoms with Gasteiger partial charge in [0.1, 0.15) is 23.1 Å². The quantitative estimate of drug-likeness (QED) is 0.366. The average Bonchev–Trinajstić information content (AvgIpc) is 3.28. The Bertz CT molecular complexity index is 1310. The van der Waals surface area contributed by atoms with Crippen molar-refractivity contribution in [1.82, 2.24) is 14.8 Å². The first-order chi connectivity index (χ1) is 15.7. The molecule has 0 aliphatic carbocycles. The number of pyridine rings is 1. The average molecular weight is 421 g/mol. The molecule has 156 valence electrons. The molecule has 0 aliphatic rings. The molecule has 7 nitrogen and oxygen atoms in total. The number of benzene rings is 2. The number of para-hydroxylation sites is 3. The molecule has 32 heavy (non-hydrogen) atoms. The van der Waals surface area contributed by atoms with E-state index in [0.29, 0.717) is 22.7 Å². The predicted molar refractivity (Wildman–Crippen MR) is 122 cm³/mol. The van der Waals surface area contributed by atoms with Gasteiger partial charge in [-0.1, -0.05) is 30.3 Å². The molecule has 7 heteroatoms. The Balaban J connectivity index is 1.74. The zero-order valence-electron chi connectivity index (χ0n) is 17.3. The number of carbonyl (C=O) groups excluding carboxylic acids is 1. The van der Waals surface area contributed by atoms with Gasteiger partial charge in [0, 0.05) is 29.7 Å². The number of hydrogen-bond acceptors (Lipinski definition) is 5. The molecule has 0 unspecified atom stereocenters. The largest absolute Gasteiger partial charge is 0.495 e. The molecule has 2 aromatic carbocycles. The first-order valence-corrected chi connectivity index (χ1v) is 9.81. The zero-order chi connectivity index (χ0) is 22.3. The van der Waals surface area contributed by atoms with Gasteiger partial charge in [-0.15, -0.1) is 0 Å². The van der Waals surface area contributed by atoms with Gasteiger partial charge in [0.05, 0.1) is 18.5 Å². The summed E-state index contributed by atoms with van der Waals surface area (Å²) in [6.45, 7) is 0. The van der Waals surface area contributed by atoms with E-state index in [9.17, 15) is 10.1 Å². The predicted octanol–water partition coefficient (Wildman–Crippen LogP) is 4.49. The molecule has 1 N–H and O–H groups in total. The summed E-state index contributed by atoms with van der Waals surface area (Å²) in [7, 11) is 1.52. The van der Waals surface area contributed by atoms with Crippen LogP contribution in [-0.2, 0) is 4.79 Å². The third-order valence-electron chi connectivity index (χ3n) is 4.74. The second kappa shape index (κ2) is 9.41. The van der Waals surface area contributed by atoms with Crippen LogP contribution in [0.1, 0.15) is 5.56 Å². The Morgan fingerprint density at radius 1 is 1.06 bits per heavy atom. The van der Waals surface area contributed by atoms with E-state index in [4.69, 9.17) is 9.84 Å². The summed E-state index contributed by atoms with van der Waals surface area (Å²) in [5.74, 6) is -0.0300. The second-order valence-corrected chi connectivity index (χ2v) is 6.77. The van der Waals surface area contributed by atoms with Crippen molar-refractivity contribution in [3.63, 3.8) is 0 Å². The normalized spacial score (nSPS) is 10.9. The van der Waals surface area contributed by atoms with Crippen molar-refractivity contribution in [2.75, 3.05) is 12.4 Å². The fourth-order valence-electron chi connectivity index (χ4n) is 3.18. The van der Waals surface area contributed by atoms with Crippen LogP contribution in [0.25, 0.3) is 23.0 Å². The van der Waals surface area contributed by atoms with Crippen LogP contribution in [0.15, 0.2) is 90.9 Å². The second-order valence-electron chi connectivity index (χ2n) is 6.77. The van der Waals surface area contributed by atoms with Gasteiger partial charge >= 0.3 is 0 Å². The minimum Gasteiger partial charge on any atom is -0.495 e. The summed E-state index contributed by atoms with van der Waals surface area (Å²) in [6, 6.07) is 22.3. The third-order valence-corrected chi connectivity index (χ3v) is 4.74. The monoisotopic (exact) mass is 421 g/mol.